The first kappa shape index (κ1) is 13.1. The van der Waals surface area contributed by atoms with Gasteiger partial charge in [0.2, 0.25) is 0 Å². The molecule has 2 atom stereocenters. The summed E-state index contributed by atoms with van der Waals surface area (Å²) in [6, 6.07) is -1.44. The zero-order chi connectivity index (χ0) is 12.3. The van der Waals surface area contributed by atoms with E-state index >= 15 is 0 Å². The molecule has 0 aromatic carbocycles. The first-order valence-electron chi connectivity index (χ1n) is 6.20. The van der Waals surface area contributed by atoms with Crippen LogP contribution >= 0.6 is 0 Å². The molecule has 2 fully saturated rings. The fraction of sp³-hybridized carbons (Fsp3) is 1.00. The first-order valence-corrected chi connectivity index (χ1v) is 6.20. The lowest BCUT2D eigenvalue weighted by Gasteiger charge is -2.39. The molecule has 0 spiro atoms. The van der Waals surface area contributed by atoms with Crippen LogP contribution in [0.4, 0.5) is 13.2 Å². The molecular weight excluding hydrogens is 233 g/mol. The molecule has 0 aliphatic carbocycles. The SMILES string of the molecule is FC(F)(F)C1CNCCCN1C1CCCOC1. The standard InChI is InChI=1S/C11H19F3N2O/c12-11(13,14)10-7-15-4-2-5-16(10)9-3-1-6-17-8-9/h9-10,15H,1-8H2. The molecule has 2 aliphatic rings. The van der Waals surface area contributed by atoms with Crippen LogP contribution in [0.3, 0.4) is 0 Å². The van der Waals surface area contributed by atoms with Crippen molar-refractivity contribution >= 4 is 0 Å². The van der Waals surface area contributed by atoms with E-state index in [1.165, 1.54) is 0 Å². The van der Waals surface area contributed by atoms with Gasteiger partial charge in [0, 0.05) is 25.7 Å². The Labute approximate surface area is 99.3 Å². The zero-order valence-corrected chi connectivity index (χ0v) is 9.80. The van der Waals surface area contributed by atoms with E-state index in [1.807, 2.05) is 0 Å². The minimum atomic E-state index is -4.16. The highest BCUT2D eigenvalue weighted by Crippen LogP contribution is 2.29. The van der Waals surface area contributed by atoms with Crippen LogP contribution in [0.2, 0.25) is 0 Å². The van der Waals surface area contributed by atoms with Gasteiger partial charge in [-0.2, -0.15) is 13.2 Å². The molecule has 2 unspecified atom stereocenters. The molecule has 2 aliphatic heterocycles. The maximum Gasteiger partial charge on any atom is 0.405 e. The monoisotopic (exact) mass is 252 g/mol. The number of halogens is 3. The number of nitrogens with one attached hydrogen (secondary N) is 1. The van der Waals surface area contributed by atoms with Crippen LogP contribution < -0.4 is 5.32 Å². The van der Waals surface area contributed by atoms with Crippen molar-refractivity contribution in [3.63, 3.8) is 0 Å². The highest BCUT2D eigenvalue weighted by molar-refractivity contribution is 4.88. The minimum absolute atomic E-state index is 0. The van der Waals surface area contributed by atoms with Crippen molar-refractivity contribution in [1.82, 2.24) is 10.2 Å². The summed E-state index contributed by atoms with van der Waals surface area (Å²) in [4.78, 5) is 1.60. The van der Waals surface area contributed by atoms with Gasteiger partial charge in [-0.25, -0.2) is 0 Å². The predicted octanol–water partition coefficient (Wildman–Crippen LogP) is 1.39. The quantitative estimate of drug-likeness (QED) is 0.763. The van der Waals surface area contributed by atoms with Crippen molar-refractivity contribution in [2.24, 2.45) is 0 Å². The molecule has 0 aromatic rings. The fourth-order valence-electron chi connectivity index (χ4n) is 2.62. The number of ether oxygens (including phenoxy) is 1. The molecule has 2 rings (SSSR count). The number of alkyl halides is 3. The van der Waals surface area contributed by atoms with Crippen LogP contribution in [0.15, 0.2) is 0 Å². The van der Waals surface area contributed by atoms with Gasteiger partial charge in [0.05, 0.1) is 6.61 Å². The summed E-state index contributed by atoms with van der Waals surface area (Å²) < 4.78 is 44.3. The minimum Gasteiger partial charge on any atom is -0.380 e. The summed E-state index contributed by atoms with van der Waals surface area (Å²) in [6.45, 7) is 2.29. The molecule has 2 saturated heterocycles. The van der Waals surface area contributed by atoms with Crippen LogP contribution in [0, 0.1) is 0 Å². The molecule has 1 N–H and O–H groups in total. The number of hydrogen-bond acceptors (Lipinski definition) is 3. The van der Waals surface area contributed by atoms with Crippen molar-refractivity contribution in [1.29, 1.82) is 0 Å². The molecule has 17 heavy (non-hydrogen) atoms. The van der Waals surface area contributed by atoms with E-state index in [1.54, 1.807) is 4.90 Å². The Kier molecular flexibility index (Phi) is 4.27. The highest BCUT2D eigenvalue weighted by Gasteiger charge is 2.46. The molecule has 0 amide bonds. The third kappa shape index (κ3) is 3.33. The second-order valence-electron chi connectivity index (χ2n) is 4.72. The van der Waals surface area contributed by atoms with E-state index in [-0.39, 0.29) is 12.6 Å². The Balaban J connectivity index is 2.07. The lowest BCUT2D eigenvalue weighted by atomic mass is 10.1. The zero-order valence-electron chi connectivity index (χ0n) is 9.80. The van der Waals surface area contributed by atoms with E-state index in [9.17, 15) is 13.2 Å². The molecule has 3 nitrogen and oxygen atoms in total. The molecule has 0 bridgehead atoms. The normalized spacial score (nSPS) is 33.4. The van der Waals surface area contributed by atoms with Crippen LogP contribution in [0.5, 0.6) is 0 Å². The Hall–Kier alpha value is -0.330. The van der Waals surface area contributed by atoms with Crippen molar-refractivity contribution in [2.75, 3.05) is 32.8 Å². The van der Waals surface area contributed by atoms with Gasteiger partial charge in [0.1, 0.15) is 6.04 Å². The van der Waals surface area contributed by atoms with Crippen molar-refractivity contribution in [3.8, 4) is 0 Å². The number of nitrogens with zero attached hydrogens (tertiary/aromatic N) is 1. The Morgan fingerprint density at radius 1 is 1.24 bits per heavy atom. The van der Waals surface area contributed by atoms with E-state index in [0.717, 1.165) is 19.3 Å². The van der Waals surface area contributed by atoms with Crippen LogP contribution in [0.1, 0.15) is 19.3 Å². The summed E-state index contributed by atoms with van der Waals surface area (Å²) in [6.07, 6.45) is -1.72. The van der Waals surface area contributed by atoms with E-state index in [0.29, 0.717) is 26.3 Å². The third-order valence-corrected chi connectivity index (χ3v) is 3.49. The second-order valence-corrected chi connectivity index (χ2v) is 4.72. The lowest BCUT2D eigenvalue weighted by molar-refractivity contribution is -0.191. The smallest absolute Gasteiger partial charge is 0.380 e. The van der Waals surface area contributed by atoms with Crippen molar-refractivity contribution < 1.29 is 17.9 Å². The van der Waals surface area contributed by atoms with Gasteiger partial charge in [-0.1, -0.05) is 0 Å². The van der Waals surface area contributed by atoms with Crippen LogP contribution in [0.25, 0.3) is 0 Å². The fourth-order valence-corrected chi connectivity index (χ4v) is 2.62. The maximum atomic E-state index is 13.0. The van der Waals surface area contributed by atoms with Crippen LogP contribution in [-0.4, -0.2) is 56.0 Å². The largest absolute Gasteiger partial charge is 0.405 e. The van der Waals surface area contributed by atoms with Crippen molar-refractivity contribution in [3.05, 3.63) is 0 Å². The summed E-state index contributed by atoms with van der Waals surface area (Å²) in [5, 5.41) is 2.87. The van der Waals surface area contributed by atoms with Gasteiger partial charge >= 0.3 is 6.18 Å². The number of hydrogen-bond donors (Lipinski definition) is 1. The predicted molar refractivity (Wildman–Crippen MR) is 57.9 cm³/mol. The molecular formula is C11H19F3N2O. The average molecular weight is 252 g/mol. The van der Waals surface area contributed by atoms with Crippen molar-refractivity contribution in [2.45, 2.75) is 37.5 Å². The van der Waals surface area contributed by atoms with Gasteiger partial charge in [0.15, 0.2) is 0 Å². The lowest BCUT2D eigenvalue weighted by Crippen LogP contribution is -2.55. The highest BCUT2D eigenvalue weighted by atomic mass is 19.4. The molecule has 0 saturated carbocycles. The second kappa shape index (κ2) is 5.54. The van der Waals surface area contributed by atoms with Gasteiger partial charge in [-0.3, -0.25) is 4.90 Å². The molecule has 6 heteroatoms. The van der Waals surface area contributed by atoms with Gasteiger partial charge < -0.3 is 10.1 Å². The van der Waals surface area contributed by atoms with Gasteiger partial charge in [-0.05, 0) is 25.8 Å². The van der Waals surface area contributed by atoms with E-state index in [4.69, 9.17) is 4.74 Å². The first-order chi connectivity index (χ1) is 8.09. The Morgan fingerprint density at radius 3 is 2.71 bits per heavy atom. The molecule has 0 radical (unpaired) electrons. The van der Waals surface area contributed by atoms with E-state index in [2.05, 4.69) is 5.32 Å². The average Bonchev–Trinajstić information content (AvgIpc) is 2.54. The Bertz CT molecular complexity index is 241. The molecule has 2 heterocycles. The summed E-state index contributed by atoms with van der Waals surface area (Å²) in [7, 11) is 0. The Morgan fingerprint density at radius 2 is 2.06 bits per heavy atom. The summed E-state index contributed by atoms with van der Waals surface area (Å²) in [5.74, 6) is 0. The third-order valence-electron chi connectivity index (χ3n) is 3.49. The molecule has 0 aromatic heterocycles. The van der Waals surface area contributed by atoms with Crippen LogP contribution in [-0.2, 0) is 4.74 Å². The molecule has 100 valence electrons. The maximum absolute atomic E-state index is 13.0. The van der Waals surface area contributed by atoms with E-state index < -0.39 is 12.2 Å². The van der Waals surface area contributed by atoms with Gasteiger partial charge in [-0.15, -0.1) is 0 Å². The topological polar surface area (TPSA) is 24.5 Å². The summed E-state index contributed by atoms with van der Waals surface area (Å²) >= 11 is 0. The number of rotatable bonds is 1. The van der Waals surface area contributed by atoms with Gasteiger partial charge in [0.25, 0.3) is 0 Å². The summed E-state index contributed by atoms with van der Waals surface area (Å²) in [5.41, 5.74) is 0.